The zero-order chi connectivity index (χ0) is 16.8. The minimum absolute atomic E-state index is 0.697. The van der Waals surface area contributed by atoms with Crippen molar-refractivity contribution in [2.45, 2.75) is 45.8 Å². The molecule has 0 spiro atoms. The van der Waals surface area contributed by atoms with Gasteiger partial charge in [-0.05, 0) is 56.1 Å². The van der Waals surface area contributed by atoms with Crippen LogP contribution in [0.4, 0.5) is 0 Å². The van der Waals surface area contributed by atoms with Crippen LogP contribution in [-0.4, -0.2) is 40.5 Å². The van der Waals surface area contributed by atoms with Crippen LogP contribution in [0.2, 0.25) is 0 Å². The predicted molar refractivity (Wildman–Crippen MR) is 99.8 cm³/mol. The fraction of sp³-hybridized carbons (Fsp3) is 0.476. The molecule has 0 saturated carbocycles. The Labute approximate surface area is 146 Å². The minimum atomic E-state index is 0.697. The fourth-order valence-corrected chi connectivity index (χ4v) is 3.70. The van der Waals surface area contributed by atoms with E-state index in [1.807, 2.05) is 12.4 Å². The molecule has 3 heteroatoms. The van der Waals surface area contributed by atoms with E-state index in [0.29, 0.717) is 6.04 Å². The van der Waals surface area contributed by atoms with Gasteiger partial charge in [-0.15, -0.1) is 0 Å². The molecule has 1 aliphatic rings. The highest BCUT2D eigenvalue weighted by Crippen LogP contribution is 2.20. The Kier molecular flexibility index (Phi) is 6.00. The van der Waals surface area contributed by atoms with Crippen molar-refractivity contribution in [3.8, 4) is 0 Å². The van der Waals surface area contributed by atoms with Crippen molar-refractivity contribution in [2.24, 2.45) is 0 Å². The Hall–Kier alpha value is -1.71. The van der Waals surface area contributed by atoms with Gasteiger partial charge in [-0.1, -0.05) is 36.8 Å². The van der Waals surface area contributed by atoms with Crippen LogP contribution >= 0.6 is 0 Å². The largest absolute Gasteiger partial charge is 0.299 e. The zero-order valence-corrected chi connectivity index (χ0v) is 15.0. The predicted octanol–water partition coefficient (Wildman–Crippen LogP) is 3.88. The summed E-state index contributed by atoms with van der Waals surface area (Å²) in [4.78, 5) is 9.38. The van der Waals surface area contributed by atoms with E-state index < -0.39 is 0 Å². The van der Waals surface area contributed by atoms with Crippen molar-refractivity contribution in [3.63, 3.8) is 0 Å². The second-order valence-electron chi connectivity index (χ2n) is 6.94. The first-order chi connectivity index (χ1) is 11.7. The number of benzene rings is 1. The standard InChI is InChI=1S/C21H29N3/c1-3-24-14-4-5-21(24)17-23(16-20-10-12-22-13-11-20)15-19-8-6-18(2)7-9-19/h6-13,21H,3-5,14-17H2,1-2H3. The lowest BCUT2D eigenvalue weighted by Crippen LogP contribution is -2.39. The summed E-state index contributed by atoms with van der Waals surface area (Å²) in [6.45, 7) is 10.00. The van der Waals surface area contributed by atoms with Crippen molar-refractivity contribution >= 4 is 0 Å². The molecule has 0 amide bonds. The number of hydrogen-bond acceptors (Lipinski definition) is 3. The van der Waals surface area contributed by atoms with Crippen LogP contribution < -0.4 is 0 Å². The van der Waals surface area contributed by atoms with Gasteiger partial charge in [0, 0.05) is 38.1 Å². The quantitative estimate of drug-likeness (QED) is 0.771. The van der Waals surface area contributed by atoms with Gasteiger partial charge < -0.3 is 0 Å². The monoisotopic (exact) mass is 323 g/mol. The van der Waals surface area contributed by atoms with E-state index in [1.54, 1.807) is 0 Å². The average Bonchev–Trinajstić information content (AvgIpc) is 3.05. The molecular formula is C21H29N3. The van der Waals surface area contributed by atoms with Gasteiger partial charge in [0.05, 0.1) is 0 Å². The van der Waals surface area contributed by atoms with E-state index in [9.17, 15) is 0 Å². The second kappa shape index (κ2) is 8.41. The first kappa shape index (κ1) is 17.1. The van der Waals surface area contributed by atoms with Crippen molar-refractivity contribution in [1.29, 1.82) is 0 Å². The summed E-state index contributed by atoms with van der Waals surface area (Å²) in [5.41, 5.74) is 4.07. The van der Waals surface area contributed by atoms with Gasteiger partial charge in [0.15, 0.2) is 0 Å². The highest BCUT2D eigenvalue weighted by atomic mass is 15.2. The van der Waals surface area contributed by atoms with Crippen molar-refractivity contribution < 1.29 is 0 Å². The highest BCUT2D eigenvalue weighted by Gasteiger charge is 2.25. The summed E-state index contributed by atoms with van der Waals surface area (Å²) < 4.78 is 0. The molecule has 1 aliphatic heterocycles. The molecule has 0 bridgehead atoms. The molecule has 1 aromatic carbocycles. The Morgan fingerprint density at radius 2 is 1.71 bits per heavy atom. The summed E-state index contributed by atoms with van der Waals surface area (Å²) in [5, 5.41) is 0. The van der Waals surface area contributed by atoms with E-state index in [2.05, 4.69) is 65.0 Å². The van der Waals surface area contributed by atoms with Gasteiger partial charge >= 0.3 is 0 Å². The Morgan fingerprint density at radius 3 is 2.38 bits per heavy atom. The number of nitrogens with zero attached hydrogens (tertiary/aromatic N) is 3. The Bertz CT molecular complexity index is 609. The molecule has 2 heterocycles. The molecule has 1 unspecified atom stereocenters. The van der Waals surface area contributed by atoms with Crippen LogP contribution in [0.3, 0.4) is 0 Å². The average molecular weight is 323 g/mol. The molecule has 3 nitrogen and oxygen atoms in total. The van der Waals surface area contributed by atoms with Crippen LogP contribution in [0.1, 0.15) is 36.5 Å². The summed E-state index contributed by atoms with van der Waals surface area (Å²) in [6, 6.07) is 13.9. The molecule has 0 aliphatic carbocycles. The molecule has 1 fully saturated rings. The van der Waals surface area contributed by atoms with Crippen LogP contribution in [0, 0.1) is 6.92 Å². The SMILES string of the molecule is CCN1CCCC1CN(Cc1ccncc1)Cc1ccc(C)cc1. The third-order valence-electron chi connectivity index (χ3n) is 5.06. The molecule has 3 rings (SSSR count). The van der Waals surface area contributed by atoms with E-state index >= 15 is 0 Å². The zero-order valence-electron chi connectivity index (χ0n) is 15.0. The lowest BCUT2D eigenvalue weighted by atomic mass is 10.1. The second-order valence-corrected chi connectivity index (χ2v) is 6.94. The van der Waals surface area contributed by atoms with Gasteiger partial charge in [-0.25, -0.2) is 0 Å². The van der Waals surface area contributed by atoms with Crippen LogP contribution in [0.25, 0.3) is 0 Å². The summed E-state index contributed by atoms with van der Waals surface area (Å²) >= 11 is 0. The number of aryl methyl sites for hydroxylation is 1. The lowest BCUT2D eigenvalue weighted by molar-refractivity contribution is 0.166. The smallest absolute Gasteiger partial charge is 0.0271 e. The van der Waals surface area contributed by atoms with Crippen LogP contribution in [-0.2, 0) is 13.1 Å². The number of aromatic nitrogens is 1. The van der Waals surface area contributed by atoms with Crippen molar-refractivity contribution in [3.05, 3.63) is 65.5 Å². The van der Waals surface area contributed by atoms with Gasteiger partial charge in [0.2, 0.25) is 0 Å². The number of hydrogen-bond donors (Lipinski definition) is 0. The molecule has 1 saturated heterocycles. The molecule has 1 aromatic heterocycles. The molecular weight excluding hydrogens is 294 g/mol. The minimum Gasteiger partial charge on any atom is -0.299 e. The van der Waals surface area contributed by atoms with Crippen molar-refractivity contribution in [2.75, 3.05) is 19.6 Å². The normalized spacial score (nSPS) is 18.4. The summed E-state index contributed by atoms with van der Waals surface area (Å²) in [6.07, 6.45) is 6.46. The Morgan fingerprint density at radius 1 is 1.04 bits per heavy atom. The number of pyridine rings is 1. The molecule has 128 valence electrons. The summed E-state index contributed by atoms with van der Waals surface area (Å²) in [7, 11) is 0. The van der Waals surface area contributed by atoms with E-state index in [-0.39, 0.29) is 0 Å². The fourth-order valence-electron chi connectivity index (χ4n) is 3.70. The van der Waals surface area contributed by atoms with Crippen molar-refractivity contribution in [1.82, 2.24) is 14.8 Å². The maximum absolute atomic E-state index is 4.15. The summed E-state index contributed by atoms with van der Waals surface area (Å²) in [5.74, 6) is 0. The third-order valence-corrected chi connectivity index (χ3v) is 5.06. The lowest BCUT2D eigenvalue weighted by Gasteiger charge is -2.30. The topological polar surface area (TPSA) is 19.4 Å². The van der Waals surface area contributed by atoms with Gasteiger partial charge in [-0.3, -0.25) is 14.8 Å². The van der Waals surface area contributed by atoms with Crippen LogP contribution in [0.15, 0.2) is 48.8 Å². The van der Waals surface area contributed by atoms with E-state index in [1.165, 1.54) is 36.1 Å². The van der Waals surface area contributed by atoms with E-state index in [0.717, 1.165) is 26.2 Å². The molecule has 24 heavy (non-hydrogen) atoms. The number of likely N-dealkylation sites (tertiary alicyclic amines) is 1. The maximum atomic E-state index is 4.15. The molecule has 1 atom stereocenters. The number of rotatable bonds is 7. The molecule has 2 aromatic rings. The van der Waals surface area contributed by atoms with Gasteiger partial charge in [0.25, 0.3) is 0 Å². The van der Waals surface area contributed by atoms with E-state index in [4.69, 9.17) is 0 Å². The highest BCUT2D eigenvalue weighted by molar-refractivity contribution is 5.21. The van der Waals surface area contributed by atoms with Crippen LogP contribution in [0.5, 0.6) is 0 Å². The third kappa shape index (κ3) is 4.65. The first-order valence-corrected chi connectivity index (χ1v) is 9.15. The van der Waals surface area contributed by atoms with Gasteiger partial charge in [0.1, 0.15) is 0 Å². The Balaban J connectivity index is 1.71. The first-order valence-electron chi connectivity index (χ1n) is 9.15. The number of likely N-dealkylation sites (N-methyl/N-ethyl adjacent to an activating group) is 1. The van der Waals surface area contributed by atoms with Gasteiger partial charge in [-0.2, -0.15) is 0 Å². The molecule has 0 N–H and O–H groups in total. The maximum Gasteiger partial charge on any atom is 0.0271 e. The molecule has 0 radical (unpaired) electrons.